The van der Waals surface area contributed by atoms with Crippen molar-refractivity contribution in [2.24, 2.45) is 0 Å². The van der Waals surface area contributed by atoms with Crippen LogP contribution in [0.1, 0.15) is 0 Å². The van der Waals surface area contributed by atoms with E-state index in [1.807, 2.05) is 0 Å². The lowest BCUT2D eigenvalue weighted by molar-refractivity contribution is 0.431. The lowest BCUT2D eigenvalue weighted by atomic mass is 9.88. The van der Waals surface area contributed by atoms with Gasteiger partial charge in [-0.2, -0.15) is 0 Å². The van der Waals surface area contributed by atoms with Crippen molar-refractivity contribution in [3.63, 3.8) is 0 Å². The summed E-state index contributed by atoms with van der Waals surface area (Å²) >= 11 is 0. The van der Waals surface area contributed by atoms with Crippen LogP contribution in [-0.4, -0.2) is 17.6 Å². The number of phenols is 1. The van der Waals surface area contributed by atoms with Gasteiger partial charge in [0.1, 0.15) is 11.6 Å². The molecule has 0 heterocycles. The average molecular weight is 157 g/mol. The lowest BCUT2D eigenvalue weighted by Gasteiger charge is -2.00. The first-order valence-electron chi connectivity index (χ1n) is 2.80. The Balaban J connectivity index is 3.24. The molecule has 0 aliphatic carbocycles. The Bertz CT molecular complexity index is 278. The third kappa shape index (κ3) is 1.49. The molecule has 0 saturated heterocycles. The fourth-order valence-electron chi connectivity index (χ4n) is 0.684. The van der Waals surface area contributed by atoms with E-state index in [9.17, 15) is 8.78 Å². The highest BCUT2D eigenvalue weighted by atomic mass is 19.1. The molecule has 2 N–H and O–H groups in total. The van der Waals surface area contributed by atoms with Crippen molar-refractivity contribution in [2.75, 3.05) is 0 Å². The van der Waals surface area contributed by atoms with Gasteiger partial charge in [-0.3, -0.25) is 0 Å². The summed E-state index contributed by atoms with van der Waals surface area (Å²) in [5.74, 6) is -2.69. The summed E-state index contributed by atoms with van der Waals surface area (Å²) < 4.78 is 24.7. The van der Waals surface area contributed by atoms with Crippen molar-refractivity contribution in [3.05, 3.63) is 23.8 Å². The second-order valence-corrected chi connectivity index (χ2v) is 1.95. The molecule has 0 amide bonds. The molecule has 11 heavy (non-hydrogen) atoms. The quantitative estimate of drug-likeness (QED) is 0.559. The van der Waals surface area contributed by atoms with Crippen LogP contribution in [0.3, 0.4) is 0 Å². The number of hydrogen-bond acceptors (Lipinski definition) is 2. The van der Waals surface area contributed by atoms with Crippen molar-refractivity contribution in [1.29, 1.82) is 0 Å². The van der Waals surface area contributed by atoms with E-state index < -0.39 is 17.4 Å². The van der Waals surface area contributed by atoms with Gasteiger partial charge in [0.2, 0.25) is 0 Å². The van der Waals surface area contributed by atoms with Gasteiger partial charge in [-0.05, 0) is 11.5 Å². The van der Waals surface area contributed by atoms with E-state index in [1.165, 1.54) is 0 Å². The Morgan fingerprint density at radius 3 is 2.45 bits per heavy atom. The smallest absolute Gasteiger partial charge is 0.330 e. The van der Waals surface area contributed by atoms with Gasteiger partial charge in [-0.15, -0.1) is 0 Å². The van der Waals surface area contributed by atoms with Crippen molar-refractivity contribution in [3.8, 4) is 5.75 Å². The van der Waals surface area contributed by atoms with Crippen molar-refractivity contribution in [2.45, 2.75) is 0 Å². The van der Waals surface area contributed by atoms with Gasteiger partial charge in [-0.25, -0.2) is 8.78 Å². The van der Waals surface area contributed by atoms with Crippen molar-refractivity contribution in [1.82, 2.24) is 0 Å². The first-order valence-corrected chi connectivity index (χ1v) is 2.80. The molecule has 0 aliphatic rings. The molecule has 0 aliphatic heterocycles. The highest BCUT2D eigenvalue weighted by Crippen LogP contribution is 2.12. The molecule has 1 aromatic carbocycles. The Morgan fingerprint density at radius 2 is 1.91 bits per heavy atom. The predicted octanol–water partition coefficient (Wildman–Crippen LogP) is -0.0928. The summed E-state index contributed by atoms with van der Waals surface area (Å²) in [6.07, 6.45) is 0. The maximum absolute atomic E-state index is 12.4. The highest BCUT2D eigenvalue weighted by molar-refractivity contribution is 6.46. The Hall–Kier alpha value is -1.10. The van der Waals surface area contributed by atoms with E-state index in [0.29, 0.717) is 13.5 Å². The van der Waals surface area contributed by atoms with Crippen molar-refractivity contribution >= 4 is 12.9 Å². The molecule has 0 fully saturated rings. The van der Waals surface area contributed by atoms with Crippen LogP contribution in [0.25, 0.3) is 0 Å². The maximum atomic E-state index is 12.4. The number of hydrogen-bond donors (Lipinski definition) is 2. The zero-order valence-corrected chi connectivity index (χ0v) is 5.38. The molecule has 57 valence electrons. The van der Waals surface area contributed by atoms with Gasteiger partial charge in [0, 0.05) is 6.07 Å². The van der Waals surface area contributed by atoms with E-state index >= 15 is 0 Å². The molecule has 0 atom stereocenters. The van der Waals surface area contributed by atoms with Gasteiger partial charge >= 0.3 is 7.48 Å². The molecule has 5 heteroatoms. The first-order chi connectivity index (χ1) is 5.15. The van der Waals surface area contributed by atoms with Gasteiger partial charge in [0.15, 0.2) is 5.82 Å². The van der Waals surface area contributed by atoms with Crippen LogP contribution in [0.15, 0.2) is 12.1 Å². The van der Waals surface area contributed by atoms with E-state index in [2.05, 4.69) is 0 Å². The van der Waals surface area contributed by atoms with Crippen LogP contribution in [-0.2, 0) is 0 Å². The summed E-state index contributed by atoms with van der Waals surface area (Å²) in [4.78, 5) is 0. The lowest BCUT2D eigenvalue weighted by Crippen LogP contribution is -2.15. The molecule has 0 unspecified atom stereocenters. The molecule has 0 spiro atoms. The van der Waals surface area contributed by atoms with Crippen LogP contribution in [0.5, 0.6) is 5.75 Å². The molecular weight excluding hydrogens is 153 g/mol. The van der Waals surface area contributed by atoms with Gasteiger partial charge in [0.05, 0.1) is 0 Å². The molecule has 0 bridgehead atoms. The van der Waals surface area contributed by atoms with Crippen LogP contribution < -0.4 is 5.46 Å². The minimum Gasteiger partial charge on any atom is -0.505 e. The van der Waals surface area contributed by atoms with E-state index in [0.717, 1.165) is 6.07 Å². The second kappa shape index (κ2) is 2.88. The summed E-state index contributed by atoms with van der Waals surface area (Å²) in [6, 6.07) is 1.35. The van der Waals surface area contributed by atoms with Gasteiger partial charge in [0.25, 0.3) is 0 Å². The Kier molecular flexibility index (Phi) is 2.09. The molecule has 0 saturated carbocycles. The third-order valence-corrected chi connectivity index (χ3v) is 1.20. The predicted molar refractivity (Wildman–Crippen MR) is 35.6 cm³/mol. The third-order valence-electron chi connectivity index (χ3n) is 1.20. The standard InChI is InChI=1S/C6H4BF2O2/c8-3-1-4(7-11)6(10)5(9)2-3/h1-2,10-11H. The van der Waals surface area contributed by atoms with Crippen LogP contribution in [0.2, 0.25) is 0 Å². The minimum atomic E-state index is -1.09. The summed E-state index contributed by atoms with van der Waals surface area (Å²) in [6.45, 7) is 0. The maximum Gasteiger partial charge on any atom is 0.330 e. The van der Waals surface area contributed by atoms with E-state index in [4.69, 9.17) is 10.1 Å². The number of aromatic hydroxyl groups is 1. The zero-order valence-electron chi connectivity index (χ0n) is 5.38. The van der Waals surface area contributed by atoms with Crippen molar-refractivity contribution < 1.29 is 18.9 Å². The van der Waals surface area contributed by atoms with Crippen LogP contribution >= 0.6 is 0 Å². The normalized spacial score (nSPS) is 9.73. The van der Waals surface area contributed by atoms with Crippen LogP contribution in [0.4, 0.5) is 8.78 Å². The molecule has 1 aromatic rings. The first kappa shape index (κ1) is 8.01. The largest absolute Gasteiger partial charge is 0.505 e. The summed E-state index contributed by atoms with van der Waals surface area (Å²) in [5.41, 5.74) is -0.275. The molecular formula is C6H4BF2O2. The molecule has 2 nitrogen and oxygen atoms in total. The fraction of sp³-hybridized carbons (Fsp3) is 0. The monoisotopic (exact) mass is 157 g/mol. The zero-order chi connectivity index (χ0) is 8.43. The number of benzene rings is 1. The van der Waals surface area contributed by atoms with E-state index in [1.54, 1.807) is 0 Å². The molecule has 0 aromatic heterocycles. The van der Waals surface area contributed by atoms with Gasteiger partial charge < -0.3 is 10.1 Å². The Labute approximate surface area is 62.4 Å². The average Bonchev–Trinajstić information content (AvgIpc) is 1.96. The summed E-state index contributed by atoms with van der Waals surface area (Å²) in [7, 11) is 0.432. The van der Waals surface area contributed by atoms with Gasteiger partial charge in [-0.1, -0.05) is 0 Å². The minimum absolute atomic E-state index is 0.275. The molecule has 1 rings (SSSR count). The fourth-order valence-corrected chi connectivity index (χ4v) is 0.684. The van der Waals surface area contributed by atoms with Crippen LogP contribution in [0, 0.1) is 11.6 Å². The second-order valence-electron chi connectivity index (χ2n) is 1.95. The SMILES string of the molecule is O[B]c1cc(F)cc(F)c1O. The number of rotatable bonds is 1. The number of halogens is 2. The Morgan fingerprint density at radius 1 is 1.27 bits per heavy atom. The van der Waals surface area contributed by atoms with E-state index in [-0.39, 0.29) is 5.46 Å². The summed E-state index contributed by atoms with van der Waals surface area (Å²) in [5, 5.41) is 17.1. The number of phenolic OH excluding ortho intramolecular Hbond substituents is 1. The molecule has 1 radical (unpaired) electrons. The highest BCUT2D eigenvalue weighted by Gasteiger charge is 2.09. The topological polar surface area (TPSA) is 40.5 Å².